The van der Waals surface area contributed by atoms with Gasteiger partial charge < -0.3 is 26.0 Å². The Balaban J connectivity index is 1.28. The number of halogens is 1. The molecule has 0 bridgehead atoms. The highest BCUT2D eigenvalue weighted by atomic mass is 35.5. The number of anilines is 1. The van der Waals surface area contributed by atoms with Gasteiger partial charge in [0, 0.05) is 98.0 Å². The van der Waals surface area contributed by atoms with E-state index >= 15 is 0 Å². The highest BCUT2D eigenvalue weighted by Crippen LogP contribution is 2.34. The number of nitrogens with two attached hydrogens (primary N) is 1. The van der Waals surface area contributed by atoms with Crippen LogP contribution in [0.4, 0.5) is 5.69 Å². The number of primary amides is 1. The molecule has 2 aliphatic rings. The number of ether oxygens (including phenoxy) is 1. The normalized spacial score (nSPS) is 15.4. The molecule has 2 fully saturated rings. The van der Waals surface area contributed by atoms with Crippen molar-refractivity contribution < 1.29 is 14.3 Å². The van der Waals surface area contributed by atoms with Gasteiger partial charge in [0.1, 0.15) is 0 Å². The second-order valence-corrected chi connectivity index (χ2v) is 14.5. The highest BCUT2D eigenvalue weighted by Gasteiger charge is 2.26. The zero-order chi connectivity index (χ0) is 37.6. The first-order chi connectivity index (χ1) is 26.3. The summed E-state index contributed by atoms with van der Waals surface area (Å²) in [6.07, 6.45) is 4.29. The van der Waals surface area contributed by atoms with Gasteiger partial charge in [-0.2, -0.15) is 5.10 Å². The summed E-state index contributed by atoms with van der Waals surface area (Å²) in [7, 11) is 0. The molecule has 0 atom stereocenters. The number of aryl methyl sites for hydroxylation is 2. The average molecular weight is 749 g/mol. The van der Waals surface area contributed by atoms with E-state index in [4.69, 9.17) is 27.1 Å². The van der Waals surface area contributed by atoms with Crippen molar-refractivity contribution in [3.8, 4) is 11.1 Å². The molecular formula is C42H49ClN8O3. The van der Waals surface area contributed by atoms with E-state index in [-0.39, 0.29) is 30.6 Å². The van der Waals surface area contributed by atoms with E-state index in [1.807, 2.05) is 27.9 Å². The maximum atomic E-state index is 14.7. The Bertz CT molecular complexity index is 2120. The minimum absolute atomic E-state index is 0.204. The molecule has 7 rings (SSSR count). The molecule has 4 N–H and O–H groups in total. The molecule has 4 heterocycles. The van der Waals surface area contributed by atoms with Crippen molar-refractivity contribution in [1.29, 1.82) is 0 Å². The van der Waals surface area contributed by atoms with Crippen molar-refractivity contribution >= 4 is 40.1 Å². The molecule has 0 saturated carbocycles. The fraction of sp³-hybridized carbons (Fsp3) is 0.381. The van der Waals surface area contributed by atoms with Crippen molar-refractivity contribution in [3.63, 3.8) is 0 Å². The molecule has 5 aromatic rings. The quantitative estimate of drug-likeness (QED) is 0.129. The Labute approximate surface area is 321 Å². The summed E-state index contributed by atoms with van der Waals surface area (Å²) in [6.45, 7) is 11.7. The average Bonchev–Trinajstić information content (AvgIpc) is 3.62. The van der Waals surface area contributed by atoms with Crippen LogP contribution in [0.2, 0.25) is 5.02 Å². The number of carbonyl (C=O) groups is 2. The van der Waals surface area contributed by atoms with Crippen LogP contribution >= 0.6 is 11.6 Å². The Morgan fingerprint density at radius 3 is 2.52 bits per heavy atom. The van der Waals surface area contributed by atoms with Crippen LogP contribution in [0.25, 0.3) is 22.2 Å². The molecule has 2 amide bonds. The first-order valence-corrected chi connectivity index (χ1v) is 19.4. The lowest BCUT2D eigenvalue weighted by molar-refractivity contribution is 0.0730. The lowest BCUT2D eigenvalue weighted by Crippen LogP contribution is -2.42. The topological polar surface area (TPSA) is 131 Å². The van der Waals surface area contributed by atoms with Gasteiger partial charge >= 0.3 is 0 Å². The smallest absolute Gasteiger partial charge is 0.254 e. The number of nitrogens with zero attached hydrogens (tertiary/aromatic N) is 5. The number of fused-ring (bicyclic) bond motifs is 1. The van der Waals surface area contributed by atoms with Crippen LogP contribution in [0.15, 0.2) is 72.9 Å². The van der Waals surface area contributed by atoms with Crippen LogP contribution in [0, 0.1) is 0 Å². The van der Waals surface area contributed by atoms with Gasteiger partial charge in [-0.3, -0.25) is 14.5 Å². The van der Waals surface area contributed by atoms with Crippen LogP contribution in [-0.4, -0.2) is 81.8 Å². The van der Waals surface area contributed by atoms with Gasteiger partial charge in [-0.05, 0) is 79.3 Å². The number of benzene rings is 3. The Kier molecular flexibility index (Phi) is 11.9. The summed E-state index contributed by atoms with van der Waals surface area (Å²) in [5.74, 6) is -0.812. The Hall–Kier alpha value is -4.81. The molecule has 11 nitrogen and oxygen atoms in total. The van der Waals surface area contributed by atoms with Crippen molar-refractivity contribution in [2.24, 2.45) is 5.73 Å². The minimum Gasteiger partial charge on any atom is -0.381 e. The lowest BCUT2D eigenvalue weighted by Gasteiger charge is -2.29. The van der Waals surface area contributed by atoms with Crippen molar-refractivity contribution in [2.45, 2.75) is 65.3 Å². The molecule has 54 heavy (non-hydrogen) atoms. The minimum atomic E-state index is -0.587. The third kappa shape index (κ3) is 8.44. The molecule has 2 saturated heterocycles. The monoisotopic (exact) mass is 748 g/mol. The van der Waals surface area contributed by atoms with Crippen LogP contribution in [-0.2, 0) is 37.3 Å². The third-order valence-corrected chi connectivity index (χ3v) is 10.8. The Morgan fingerprint density at radius 1 is 0.981 bits per heavy atom. The van der Waals surface area contributed by atoms with Crippen LogP contribution in [0.3, 0.4) is 0 Å². The van der Waals surface area contributed by atoms with Crippen molar-refractivity contribution in [1.82, 2.24) is 29.9 Å². The van der Waals surface area contributed by atoms with Crippen LogP contribution in [0.1, 0.15) is 69.8 Å². The molecule has 3 aromatic carbocycles. The number of rotatable bonds is 13. The molecule has 0 radical (unpaired) electrons. The predicted octanol–water partition coefficient (Wildman–Crippen LogP) is 6.27. The molecule has 0 unspecified atom stereocenters. The van der Waals surface area contributed by atoms with Gasteiger partial charge in [0.25, 0.3) is 5.91 Å². The van der Waals surface area contributed by atoms with E-state index in [0.29, 0.717) is 36.8 Å². The molecular weight excluding hydrogens is 700 g/mol. The summed E-state index contributed by atoms with van der Waals surface area (Å²) < 4.78 is 7.60. The van der Waals surface area contributed by atoms with E-state index in [1.165, 1.54) is 5.56 Å². The fourth-order valence-electron chi connectivity index (χ4n) is 7.54. The number of hydrogen-bond donors (Lipinski definition) is 3. The van der Waals surface area contributed by atoms with E-state index in [1.54, 1.807) is 24.3 Å². The molecule has 2 aromatic heterocycles. The number of carbonyl (C=O) groups excluding carboxylic acids is 2. The number of nitrogens with one attached hydrogen (secondary N) is 2. The zero-order valence-electron chi connectivity index (χ0n) is 31.1. The molecule has 2 aliphatic heterocycles. The van der Waals surface area contributed by atoms with Gasteiger partial charge in [0.15, 0.2) is 5.65 Å². The highest BCUT2D eigenvalue weighted by molar-refractivity contribution is 6.33. The molecule has 282 valence electrons. The number of aromatic nitrogens is 3. The van der Waals surface area contributed by atoms with Gasteiger partial charge in [-0.25, -0.2) is 9.67 Å². The number of pyridine rings is 1. The van der Waals surface area contributed by atoms with E-state index in [0.717, 1.165) is 90.2 Å². The maximum Gasteiger partial charge on any atom is 0.254 e. The number of hydrogen-bond acceptors (Lipinski definition) is 8. The second kappa shape index (κ2) is 17.1. The summed E-state index contributed by atoms with van der Waals surface area (Å²) in [4.78, 5) is 36.3. The van der Waals surface area contributed by atoms with Crippen LogP contribution < -0.4 is 16.4 Å². The van der Waals surface area contributed by atoms with Gasteiger partial charge in [0.05, 0.1) is 23.8 Å². The van der Waals surface area contributed by atoms with E-state index < -0.39 is 5.91 Å². The van der Waals surface area contributed by atoms with Gasteiger partial charge in [-0.15, -0.1) is 0 Å². The first-order valence-electron chi connectivity index (χ1n) is 19.0. The van der Waals surface area contributed by atoms with Crippen molar-refractivity contribution in [3.05, 3.63) is 111 Å². The third-order valence-electron chi connectivity index (χ3n) is 10.5. The predicted molar refractivity (Wildman–Crippen MR) is 214 cm³/mol. The van der Waals surface area contributed by atoms with Crippen LogP contribution in [0.5, 0.6) is 0 Å². The Morgan fingerprint density at radius 2 is 1.76 bits per heavy atom. The summed E-state index contributed by atoms with van der Waals surface area (Å²) in [5.41, 5.74) is 14.0. The number of amides is 2. The summed E-state index contributed by atoms with van der Waals surface area (Å²) in [6, 6.07) is 21.3. The van der Waals surface area contributed by atoms with Gasteiger partial charge in [0.2, 0.25) is 5.91 Å². The SMILES string of the molecule is CCc1nc2c(cnn2CC)c(NC2CCOCC2)c1CN(Cc1ccc(Cl)c(-c2cccc(CN3CCNCC3)c2)c1)C(=O)c1cccc(C(N)=O)c1. The molecule has 0 spiro atoms. The fourth-order valence-corrected chi connectivity index (χ4v) is 7.76. The van der Waals surface area contributed by atoms with E-state index in [9.17, 15) is 9.59 Å². The second-order valence-electron chi connectivity index (χ2n) is 14.1. The maximum absolute atomic E-state index is 14.7. The van der Waals surface area contributed by atoms with E-state index in [2.05, 4.69) is 64.8 Å². The molecule has 12 heteroatoms. The molecule has 0 aliphatic carbocycles. The zero-order valence-corrected chi connectivity index (χ0v) is 31.9. The largest absolute Gasteiger partial charge is 0.381 e. The summed E-state index contributed by atoms with van der Waals surface area (Å²) >= 11 is 6.89. The first kappa shape index (κ1) is 37.5. The van der Waals surface area contributed by atoms with Crippen molar-refractivity contribution in [2.75, 3.05) is 44.7 Å². The van der Waals surface area contributed by atoms with Gasteiger partial charge in [-0.1, -0.05) is 48.9 Å². The standard InChI is InChI=1S/C42H49ClN8O3/c1-3-38-36(39(47-33-13-19-54-20-14-33)35-24-46-51(4-2)41(35)48-38)27-50(42(53)32-10-6-9-31(23-32)40(44)52)26-29-11-12-37(43)34(22-29)30-8-5-7-28(21-30)25-49-17-15-45-16-18-49/h5-12,21-24,33,45H,3-4,13-20,25-27H2,1-2H3,(H2,44,52)(H,47,48). The number of piperazine rings is 1. The lowest BCUT2D eigenvalue weighted by atomic mass is 9.99. The summed E-state index contributed by atoms with van der Waals surface area (Å²) in [5, 5.41) is 13.5.